The van der Waals surface area contributed by atoms with Crippen LogP contribution in [0.3, 0.4) is 0 Å². The third-order valence-electron chi connectivity index (χ3n) is 1.87. The van der Waals surface area contributed by atoms with Crippen LogP contribution < -0.4 is 0 Å². The van der Waals surface area contributed by atoms with Gasteiger partial charge in [0.25, 0.3) is 0 Å². The lowest BCUT2D eigenvalue weighted by Gasteiger charge is -1.94. The summed E-state index contributed by atoms with van der Waals surface area (Å²) in [4.78, 5) is 21.6. The Balaban J connectivity index is 2.54. The number of carbonyl (C=O) groups excluding carboxylic acids is 1. The lowest BCUT2D eigenvalue weighted by atomic mass is 10.1. The number of rotatable bonds is 1. The molecule has 0 saturated heterocycles. The minimum Gasteiger partial charge on any atom is -0.478 e. The second-order valence-electron chi connectivity index (χ2n) is 2.78. The molecule has 1 aromatic carbocycles. The maximum atomic E-state index is 11.2. The van der Waals surface area contributed by atoms with Crippen molar-refractivity contribution in [1.82, 2.24) is 0 Å². The van der Waals surface area contributed by atoms with Gasteiger partial charge in [0, 0.05) is 5.56 Å². The smallest absolute Gasteiger partial charge is 0.344 e. The van der Waals surface area contributed by atoms with E-state index in [2.05, 4.69) is 0 Å². The Morgan fingerprint density at radius 1 is 1.29 bits per heavy atom. The first-order valence-corrected chi connectivity index (χ1v) is 3.94. The van der Waals surface area contributed by atoms with Crippen molar-refractivity contribution in [2.24, 2.45) is 0 Å². The fourth-order valence-electron chi connectivity index (χ4n) is 1.31. The Kier molecular flexibility index (Phi) is 1.81. The molecule has 70 valence electrons. The topological polar surface area (TPSA) is 63.6 Å². The molecule has 4 heteroatoms. The zero-order chi connectivity index (χ0) is 10.1. The van der Waals surface area contributed by atoms with Gasteiger partial charge in [0.05, 0.1) is 11.6 Å². The normalized spacial score (nSPS) is 16.6. The van der Waals surface area contributed by atoms with Crippen LogP contribution in [0, 0.1) is 0 Å². The molecule has 1 heterocycles. The van der Waals surface area contributed by atoms with Gasteiger partial charge in [-0.05, 0) is 6.07 Å². The summed E-state index contributed by atoms with van der Waals surface area (Å²) < 4.78 is 4.78. The van der Waals surface area contributed by atoms with Crippen molar-refractivity contribution < 1.29 is 19.4 Å². The lowest BCUT2D eigenvalue weighted by molar-refractivity contribution is -0.131. The molecule has 0 aromatic heterocycles. The van der Waals surface area contributed by atoms with Crippen molar-refractivity contribution in [3.63, 3.8) is 0 Å². The number of ether oxygens (including phenoxy) is 1. The predicted octanol–water partition coefficient (Wildman–Crippen LogP) is 1.28. The van der Waals surface area contributed by atoms with E-state index in [1.807, 2.05) is 0 Å². The van der Waals surface area contributed by atoms with Crippen LogP contribution in [0.15, 0.2) is 30.3 Å². The molecule has 0 radical (unpaired) electrons. The summed E-state index contributed by atoms with van der Waals surface area (Å²) in [5.41, 5.74) is 0.930. The Morgan fingerprint density at radius 2 is 1.93 bits per heavy atom. The molecular formula is C10H6O4. The first-order chi connectivity index (χ1) is 6.68. The molecule has 0 fully saturated rings. The summed E-state index contributed by atoms with van der Waals surface area (Å²) in [6, 6.07) is 6.66. The Labute approximate surface area is 79.4 Å². The highest BCUT2D eigenvalue weighted by atomic mass is 16.5. The Morgan fingerprint density at radius 3 is 2.57 bits per heavy atom. The van der Waals surface area contributed by atoms with Crippen molar-refractivity contribution in [3.05, 3.63) is 41.5 Å². The molecular weight excluding hydrogens is 184 g/mol. The third kappa shape index (κ3) is 1.26. The largest absolute Gasteiger partial charge is 0.478 e. The van der Waals surface area contributed by atoms with Gasteiger partial charge in [-0.1, -0.05) is 18.2 Å². The van der Waals surface area contributed by atoms with Crippen LogP contribution in [0.5, 0.6) is 0 Å². The number of cyclic esters (lactones) is 1. The standard InChI is InChI=1S/C10H6O4/c11-9(12)5-8-6-3-1-2-4-7(6)10(13)14-8/h1-5H,(H,11,12). The lowest BCUT2D eigenvalue weighted by Crippen LogP contribution is -1.93. The number of aliphatic carboxylic acids is 1. The summed E-state index contributed by atoms with van der Waals surface area (Å²) >= 11 is 0. The molecule has 0 amide bonds. The van der Waals surface area contributed by atoms with E-state index < -0.39 is 11.9 Å². The maximum Gasteiger partial charge on any atom is 0.344 e. The summed E-state index contributed by atoms with van der Waals surface area (Å²) in [6.07, 6.45) is 0.879. The van der Waals surface area contributed by atoms with Gasteiger partial charge in [0.1, 0.15) is 5.76 Å². The maximum absolute atomic E-state index is 11.2. The zero-order valence-electron chi connectivity index (χ0n) is 7.06. The van der Waals surface area contributed by atoms with Crippen molar-refractivity contribution in [3.8, 4) is 0 Å². The van der Waals surface area contributed by atoms with Crippen LogP contribution in [0.25, 0.3) is 5.76 Å². The van der Waals surface area contributed by atoms with Crippen LogP contribution in [0.1, 0.15) is 15.9 Å². The van der Waals surface area contributed by atoms with Gasteiger partial charge >= 0.3 is 11.9 Å². The molecule has 0 bridgehead atoms. The van der Waals surface area contributed by atoms with Gasteiger partial charge in [-0.25, -0.2) is 9.59 Å². The van der Waals surface area contributed by atoms with Crippen LogP contribution in [0.2, 0.25) is 0 Å². The van der Waals surface area contributed by atoms with Gasteiger partial charge < -0.3 is 9.84 Å². The Bertz CT molecular complexity index is 445. The van der Waals surface area contributed by atoms with E-state index in [0.717, 1.165) is 6.08 Å². The van der Waals surface area contributed by atoms with Gasteiger partial charge in [-0.3, -0.25) is 0 Å². The molecule has 0 unspecified atom stereocenters. The molecule has 1 aromatic rings. The van der Waals surface area contributed by atoms with Gasteiger partial charge in [0.2, 0.25) is 0 Å². The molecule has 1 N–H and O–H groups in total. The van der Waals surface area contributed by atoms with E-state index in [1.165, 1.54) is 0 Å². The summed E-state index contributed by atoms with van der Waals surface area (Å²) in [5, 5.41) is 8.52. The number of benzene rings is 1. The van der Waals surface area contributed by atoms with E-state index in [0.29, 0.717) is 11.1 Å². The van der Waals surface area contributed by atoms with Gasteiger partial charge in [-0.2, -0.15) is 0 Å². The monoisotopic (exact) mass is 190 g/mol. The van der Waals surface area contributed by atoms with Crippen molar-refractivity contribution >= 4 is 17.7 Å². The Hall–Kier alpha value is -2.10. The molecule has 2 rings (SSSR count). The molecule has 0 atom stereocenters. The van der Waals surface area contributed by atoms with Crippen molar-refractivity contribution in [1.29, 1.82) is 0 Å². The second kappa shape index (κ2) is 2.99. The van der Waals surface area contributed by atoms with E-state index in [-0.39, 0.29) is 5.76 Å². The predicted molar refractivity (Wildman–Crippen MR) is 47.5 cm³/mol. The van der Waals surface area contributed by atoms with Crippen LogP contribution in [-0.2, 0) is 9.53 Å². The SMILES string of the molecule is O=C(O)C=C1OC(=O)c2ccccc21. The average molecular weight is 190 g/mol. The molecule has 14 heavy (non-hydrogen) atoms. The number of esters is 1. The first kappa shape index (κ1) is 8.50. The van der Waals surface area contributed by atoms with E-state index >= 15 is 0 Å². The minimum absolute atomic E-state index is 0.0955. The quantitative estimate of drug-likeness (QED) is 0.535. The molecule has 1 aliphatic rings. The van der Waals surface area contributed by atoms with E-state index in [1.54, 1.807) is 24.3 Å². The molecule has 0 spiro atoms. The fourth-order valence-corrected chi connectivity index (χ4v) is 1.31. The molecule has 0 saturated carbocycles. The number of carbonyl (C=O) groups is 2. The first-order valence-electron chi connectivity index (χ1n) is 3.94. The zero-order valence-corrected chi connectivity index (χ0v) is 7.06. The average Bonchev–Trinajstić information content (AvgIpc) is 2.44. The summed E-state index contributed by atoms with van der Waals surface area (Å²) in [5.74, 6) is -1.55. The highest BCUT2D eigenvalue weighted by molar-refractivity contribution is 6.05. The number of fused-ring (bicyclic) bond motifs is 1. The summed E-state index contributed by atoms with van der Waals surface area (Å²) in [7, 11) is 0. The van der Waals surface area contributed by atoms with Gasteiger partial charge in [0.15, 0.2) is 0 Å². The fraction of sp³-hybridized carbons (Fsp3) is 0. The third-order valence-corrected chi connectivity index (χ3v) is 1.87. The van der Waals surface area contributed by atoms with E-state index in [4.69, 9.17) is 9.84 Å². The number of carboxylic acid groups (broad SMARTS) is 1. The molecule has 1 aliphatic heterocycles. The van der Waals surface area contributed by atoms with Crippen LogP contribution >= 0.6 is 0 Å². The molecule has 4 nitrogen and oxygen atoms in total. The van der Waals surface area contributed by atoms with Crippen LogP contribution in [-0.4, -0.2) is 17.0 Å². The van der Waals surface area contributed by atoms with Crippen molar-refractivity contribution in [2.75, 3.05) is 0 Å². The molecule has 0 aliphatic carbocycles. The minimum atomic E-state index is -1.13. The van der Waals surface area contributed by atoms with Crippen molar-refractivity contribution in [2.45, 2.75) is 0 Å². The number of hydrogen-bond acceptors (Lipinski definition) is 3. The number of carboxylic acids is 1. The highest BCUT2D eigenvalue weighted by Crippen LogP contribution is 2.28. The second-order valence-corrected chi connectivity index (χ2v) is 2.78. The summed E-state index contributed by atoms with van der Waals surface area (Å²) in [6.45, 7) is 0. The highest BCUT2D eigenvalue weighted by Gasteiger charge is 2.26. The number of hydrogen-bond donors (Lipinski definition) is 1. The van der Waals surface area contributed by atoms with Crippen LogP contribution in [0.4, 0.5) is 0 Å². The van der Waals surface area contributed by atoms with E-state index in [9.17, 15) is 9.59 Å². The van der Waals surface area contributed by atoms with Gasteiger partial charge in [-0.15, -0.1) is 0 Å².